The molecular formula is C19H24N2O3S. The number of aryl methyl sites for hydroxylation is 1. The van der Waals surface area contributed by atoms with E-state index in [1.165, 1.54) is 19.2 Å². The van der Waals surface area contributed by atoms with Crippen LogP contribution in [0.1, 0.15) is 30.5 Å². The second kappa shape index (κ2) is 8.27. The maximum absolute atomic E-state index is 12.5. The molecule has 0 spiro atoms. The van der Waals surface area contributed by atoms with Crippen molar-refractivity contribution in [3.63, 3.8) is 0 Å². The van der Waals surface area contributed by atoms with E-state index in [2.05, 4.69) is 5.32 Å². The van der Waals surface area contributed by atoms with Gasteiger partial charge in [0.1, 0.15) is 0 Å². The van der Waals surface area contributed by atoms with Crippen molar-refractivity contribution in [3.8, 4) is 0 Å². The Hall–Kier alpha value is -2.18. The SMILES string of the molecule is CCC(NC(=O)CN(C)S(=O)(=O)c1ccccc1)c1ccc(C)cc1. The Morgan fingerprint density at radius 3 is 2.24 bits per heavy atom. The summed E-state index contributed by atoms with van der Waals surface area (Å²) >= 11 is 0. The molecule has 0 heterocycles. The zero-order valence-electron chi connectivity index (χ0n) is 14.8. The van der Waals surface area contributed by atoms with Crippen LogP contribution in [0.5, 0.6) is 0 Å². The second-order valence-electron chi connectivity index (χ2n) is 6.01. The van der Waals surface area contributed by atoms with Crippen LogP contribution in [0.15, 0.2) is 59.5 Å². The number of carbonyl (C=O) groups is 1. The highest BCUT2D eigenvalue weighted by molar-refractivity contribution is 7.89. The van der Waals surface area contributed by atoms with Crippen LogP contribution in [0.3, 0.4) is 0 Å². The number of likely N-dealkylation sites (N-methyl/N-ethyl adjacent to an activating group) is 1. The van der Waals surface area contributed by atoms with E-state index in [0.29, 0.717) is 0 Å². The molecule has 0 aliphatic carbocycles. The van der Waals surface area contributed by atoms with Crippen LogP contribution in [0, 0.1) is 6.92 Å². The highest BCUT2D eigenvalue weighted by Crippen LogP contribution is 2.18. The van der Waals surface area contributed by atoms with Crippen LogP contribution in [0.4, 0.5) is 0 Å². The Balaban J connectivity index is 2.04. The Kier molecular flexibility index (Phi) is 6.33. The van der Waals surface area contributed by atoms with Crippen LogP contribution in [-0.4, -0.2) is 32.2 Å². The van der Waals surface area contributed by atoms with Crippen LogP contribution in [0.2, 0.25) is 0 Å². The molecule has 0 aliphatic rings. The zero-order valence-corrected chi connectivity index (χ0v) is 15.6. The molecule has 0 aromatic heterocycles. The molecular weight excluding hydrogens is 336 g/mol. The molecule has 1 unspecified atom stereocenters. The summed E-state index contributed by atoms with van der Waals surface area (Å²) in [5.41, 5.74) is 2.16. The number of hydrogen-bond donors (Lipinski definition) is 1. The Labute approximate surface area is 149 Å². The van der Waals surface area contributed by atoms with Gasteiger partial charge in [0.25, 0.3) is 0 Å². The largest absolute Gasteiger partial charge is 0.348 e. The lowest BCUT2D eigenvalue weighted by molar-refractivity contribution is -0.121. The van der Waals surface area contributed by atoms with E-state index in [1.807, 2.05) is 38.1 Å². The molecule has 1 amide bonds. The summed E-state index contributed by atoms with van der Waals surface area (Å²) in [5, 5.41) is 2.91. The van der Waals surface area contributed by atoms with Crippen molar-refractivity contribution in [3.05, 3.63) is 65.7 Å². The van der Waals surface area contributed by atoms with E-state index in [1.54, 1.807) is 18.2 Å². The van der Waals surface area contributed by atoms with Crippen molar-refractivity contribution in [1.29, 1.82) is 0 Å². The van der Waals surface area contributed by atoms with Gasteiger partial charge in [0.05, 0.1) is 17.5 Å². The molecule has 2 aromatic rings. The number of amides is 1. The second-order valence-corrected chi connectivity index (χ2v) is 8.06. The zero-order chi connectivity index (χ0) is 18.4. The summed E-state index contributed by atoms with van der Waals surface area (Å²) in [4.78, 5) is 12.5. The standard InChI is InChI=1S/C19H24N2O3S/c1-4-18(16-12-10-15(2)11-13-16)20-19(22)14-21(3)25(23,24)17-8-6-5-7-9-17/h5-13,18H,4,14H2,1-3H3,(H,20,22). The first-order valence-electron chi connectivity index (χ1n) is 8.22. The molecule has 0 saturated carbocycles. The minimum atomic E-state index is -3.67. The number of carbonyl (C=O) groups excluding carboxylic acids is 1. The third-order valence-corrected chi connectivity index (χ3v) is 5.86. The van der Waals surface area contributed by atoms with Gasteiger partial charge in [0.2, 0.25) is 15.9 Å². The van der Waals surface area contributed by atoms with Gasteiger partial charge >= 0.3 is 0 Å². The molecule has 2 aromatic carbocycles. The molecule has 0 fully saturated rings. The Morgan fingerprint density at radius 2 is 1.68 bits per heavy atom. The van der Waals surface area contributed by atoms with E-state index in [0.717, 1.165) is 21.9 Å². The maximum Gasteiger partial charge on any atom is 0.243 e. The number of hydrogen-bond acceptors (Lipinski definition) is 3. The molecule has 134 valence electrons. The Bertz CT molecular complexity index is 802. The normalized spacial score (nSPS) is 12.8. The third-order valence-electron chi connectivity index (χ3n) is 4.04. The van der Waals surface area contributed by atoms with Gasteiger partial charge < -0.3 is 5.32 Å². The topological polar surface area (TPSA) is 66.5 Å². The number of benzene rings is 2. The summed E-state index contributed by atoms with van der Waals surface area (Å²) in [6, 6.07) is 15.9. The van der Waals surface area contributed by atoms with Crippen molar-refractivity contribution in [2.75, 3.05) is 13.6 Å². The van der Waals surface area contributed by atoms with Gasteiger partial charge in [-0.2, -0.15) is 4.31 Å². The minimum absolute atomic E-state index is 0.138. The monoisotopic (exact) mass is 360 g/mol. The molecule has 0 aliphatic heterocycles. The molecule has 1 N–H and O–H groups in total. The van der Waals surface area contributed by atoms with Gasteiger partial charge in [0, 0.05) is 7.05 Å². The fraction of sp³-hybridized carbons (Fsp3) is 0.316. The highest BCUT2D eigenvalue weighted by Gasteiger charge is 2.23. The van der Waals surface area contributed by atoms with Gasteiger partial charge in [-0.25, -0.2) is 8.42 Å². The van der Waals surface area contributed by atoms with Crippen molar-refractivity contribution in [1.82, 2.24) is 9.62 Å². The first kappa shape index (κ1) is 19.1. The number of rotatable bonds is 7. The average Bonchev–Trinajstić information content (AvgIpc) is 2.61. The molecule has 25 heavy (non-hydrogen) atoms. The van der Waals surface area contributed by atoms with E-state index >= 15 is 0 Å². The van der Waals surface area contributed by atoms with Crippen molar-refractivity contribution in [2.24, 2.45) is 0 Å². The lowest BCUT2D eigenvalue weighted by Crippen LogP contribution is -2.39. The summed E-state index contributed by atoms with van der Waals surface area (Å²) in [7, 11) is -2.26. The van der Waals surface area contributed by atoms with E-state index < -0.39 is 10.0 Å². The summed E-state index contributed by atoms with van der Waals surface area (Å²) in [6.07, 6.45) is 0.726. The van der Waals surface area contributed by atoms with Crippen LogP contribution in [-0.2, 0) is 14.8 Å². The molecule has 1 atom stereocenters. The smallest absolute Gasteiger partial charge is 0.243 e. The summed E-state index contributed by atoms with van der Waals surface area (Å²) < 4.78 is 26.0. The molecule has 0 saturated heterocycles. The van der Waals surface area contributed by atoms with E-state index in [4.69, 9.17) is 0 Å². The van der Waals surface area contributed by atoms with Gasteiger partial charge in [-0.05, 0) is 31.0 Å². The van der Waals surface area contributed by atoms with Crippen LogP contribution < -0.4 is 5.32 Å². The molecule has 2 rings (SSSR count). The van der Waals surface area contributed by atoms with Crippen molar-refractivity contribution in [2.45, 2.75) is 31.2 Å². The van der Waals surface area contributed by atoms with Crippen molar-refractivity contribution < 1.29 is 13.2 Å². The predicted octanol–water partition coefficient (Wildman–Crippen LogP) is 2.88. The molecule has 6 heteroatoms. The fourth-order valence-electron chi connectivity index (χ4n) is 2.52. The number of nitrogens with zero attached hydrogens (tertiary/aromatic N) is 1. The minimum Gasteiger partial charge on any atom is -0.348 e. The quantitative estimate of drug-likeness (QED) is 0.826. The molecule has 0 radical (unpaired) electrons. The van der Waals surface area contributed by atoms with Gasteiger partial charge in [0.15, 0.2) is 0 Å². The van der Waals surface area contributed by atoms with Crippen LogP contribution >= 0.6 is 0 Å². The van der Waals surface area contributed by atoms with Gasteiger partial charge in [-0.15, -0.1) is 0 Å². The summed E-state index contributed by atoms with van der Waals surface area (Å²) in [6.45, 7) is 3.77. The molecule has 0 bridgehead atoms. The van der Waals surface area contributed by atoms with Crippen molar-refractivity contribution >= 4 is 15.9 Å². The van der Waals surface area contributed by atoms with Gasteiger partial charge in [-0.1, -0.05) is 55.0 Å². The highest BCUT2D eigenvalue weighted by atomic mass is 32.2. The third kappa shape index (κ3) is 4.90. The van der Waals surface area contributed by atoms with Crippen LogP contribution in [0.25, 0.3) is 0 Å². The average molecular weight is 360 g/mol. The van der Waals surface area contributed by atoms with E-state index in [-0.39, 0.29) is 23.4 Å². The van der Waals surface area contributed by atoms with Gasteiger partial charge in [-0.3, -0.25) is 4.79 Å². The number of nitrogens with one attached hydrogen (secondary N) is 1. The predicted molar refractivity (Wildman–Crippen MR) is 98.6 cm³/mol. The first-order chi connectivity index (χ1) is 11.8. The maximum atomic E-state index is 12.5. The fourth-order valence-corrected chi connectivity index (χ4v) is 3.67. The number of sulfonamides is 1. The lowest BCUT2D eigenvalue weighted by Gasteiger charge is -2.21. The molecule has 5 nitrogen and oxygen atoms in total. The Morgan fingerprint density at radius 1 is 1.08 bits per heavy atom. The lowest BCUT2D eigenvalue weighted by atomic mass is 10.0. The first-order valence-corrected chi connectivity index (χ1v) is 9.66. The van der Waals surface area contributed by atoms with E-state index in [9.17, 15) is 13.2 Å². The summed E-state index contributed by atoms with van der Waals surface area (Å²) in [5.74, 6) is -0.325.